The van der Waals surface area contributed by atoms with Crippen LogP contribution in [0.5, 0.6) is 0 Å². The molecule has 1 amide bonds. The molecule has 0 aromatic heterocycles. The summed E-state index contributed by atoms with van der Waals surface area (Å²) in [5.74, 6) is -0.840. The summed E-state index contributed by atoms with van der Waals surface area (Å²) in [4.78, 5) is 25.8. The first-order chi connectivity index (χ1) is 11.5. The predicted molar refractivity (Wildman–Crippen MR) is 94.1 cm³/mol. The van der Waals surface area contributed by atoms with Crippen molar-refractivity contribution >= 4 is 17.6 Å². The van der Waals surface area contributed by atoms with Crippen molar-refractivity contribution in [3.63, 3.8) is 0 Å². The van der Waals surface area contributed by atoms with Gasteiger partial charge in [-0.25, -0.2) is 4.79 Å². The van der Waals surface area contributed by atoms with Crippen molar-refractivity contribution < 1.29 is 14.3 Å². The Bertz CT molecular complexity index is 682. The van der Waals surface area contributed by atoms with Crippen LogP contribution < -0.4 is 10.2 Å². The molecule has 0 saturated heterocycles. The Morgan fingerprint density at radius 2 is 1.67 bits per heavy atom. The van der Waals surface area contributed by atoms with Crippen LogP contribution in [0.25, 0.3) is 0 Å². The van der Waals surface area contributed by atoms with E-state index in [1.807, 2.05) is 68.4 Å². The zero-order valence-electron chi connectivity index (χ0n) is 14.2. The minimum atomic E-state index is -0.511. The number of carbonyl (C=O) groups excluding carboxylic acids is 2. The number of carbonyl (C=O) groups is 2. The number of nitrogens with zero attached hydrogens (tertiary/aromatic N) is 1. The molecule has 126 valence electrons. The second kappa shape index (κ2) is 8.15. The molecule has 0 aliphatic heterocycles. The minimum Gasteiger partial charge on any atom is -0.452 e. The van der Waals surface area contributed by atoms with E-state index >= 15 is 0 Å². The fraction of sp³-hybridized carbons (Fsp3) is 0.263. The van der Waals surface area contributed by atoms with E-state index in [-0.39, 0.29) is 18.6 Å². The van der Waals surface area contributed by atoms with E-state index in [4.69, 9.17) is 4.74 Å². The Balaban J connectivity index is 1.83. The van der Waals surface area contributed by atoms with Crippen LogP contribution in [-0.2, 0) is 9.53 Å². The molecule has 0 aliphatic rings. The Hall–Kier alpha value is -2.82. The maximum Gasteiger partial charge on any atom is 0.338 e. The first kappa shape index (κ1) is 17.5. The maximum atomic E-state index is 12.0. The van der Waals surface area contributed by atoms with Gasteiger partial charge in [-0.1, -0.05) is 30.3 Å². The number of benzene rings is 2. The smallest absolute Gasteiger partial charge is 0.338 e. The van der Waals surface area contributed by atoms with Gasteiger partial charge >= 0.3 is 5.97 Å². The van der Waals surface area contributed by atoms with Gasteiger partial charge in [0.25, 0.3) is 5.91 Å². The van der Waals surface area contributed by atoms with Gasteiger partial charge in [-0.15, -0.1) is 0 Å². The highest BCUT2D eigenvalue weighted by atomic mass is 16.5. The van der Waals surface area contributed by atoms with Crippen LogP contribution in [0.3, 0.4) is 0 Å². The van der Waals surface area contributed by atoms with Crippen LogP contribution in [0, 0.1) is 0 Å². The molecule has 1 atom stereocenters. The van der Waals surface area contributed by atoms with Crippen molar-refractivity contribution in [3.05, 3.63) is 65.7 Å². The fourth-order valence-electron chi connectivity index (χ4n) is 2.22. The van der Waals surface area contributed by atoms with E-state index < -0.39 is 5.97 Å². The number of hydrogen-bond acceptors (Lipinski definition) is 4. The van der Waals surface area contributed by atoms with Gasteiger partial charge in [0.2, 0.25) is 0 Å². The number of anilines is 1. The number of rotatable bonds is 6. The molecule has 0 bridgehead atoms. The van der Waals surface area contributed by atoms with E-state index in [2.05, 4.69) is 5.32 Å². The molecule has 24 heavy (non-hydrogen) atoms. The first-order valence-electron chi connectivity index (χ1n) is 7.76. The maximum absolute atomic E-state index is 12.0. The van der Waals surface area contributed by atoms with Gasteiger partial charge < -0.3 is 15.0 Å². The van der Waals surface area contributed by atoms with E-state index in [1.54, 1.807) is 12.1 Å². The molecule has 0 saturated carbocycles. The third kappa shape index (κ3) is 4.84. The monoisotopic (exact) mass is 326 g/mol. The second-order valence-corrected chi connectivity index (χ2v) is 5.72. The molecule has 5 nitrogen and oxygen atoms in total. The number of hydrogen-bond donors (Lipinski definition) is 1. The van der Waals surface area contributed by atoms with Crippen molar-refractivity contribution in [2.75, 3.05) is 25.6 Å². The largest absolute Gasteiger partial charge is 0.452 e. The molecular formula is C19H22N2O3. The van der Waals surface area contributed by atoms with Gasteiger partial charge in [0, 0.05) is 19.8 Å². The number of esters is 1. The van der Waals surface area contributed by atoms with Gasteiger partial charge in [-0.3, -0.25) is 4.79 Å². The average molecular weight is 326 g/mol. The zero-order chi connectivity index (χ0) is 17.5. The van der Waals surface area contributed by atoms with Gasteiger partial charge in [0.15, 0.2) is 6.61 Å². The molecule has 0 fully saturated rings. The van der Waals surface area contributed by atoms with Crippen molar-refractivity contribution in [2.24, 2.45) is 0 Å². The summed E-state index contributed by atoms with van der Waals surface area (Å²) in [6.45, 7) is 1.58. The lowest BCUT2D eigenvalue weighted by molar-refractivity contribution is -0.124. The summed E-state index contributed by atoms with van der Waals surface area (Å²) in [5, 5.41) is 2.80. The zero-order valence-corrected chi connectivity index (χ0v) is 14.2. The molecule has 1 N–H and O–H groups in total. The van der Waals surface area contributed by atoms with E-state index in [1.165, 1.54) is 0 Å². The Kier molecular flexibility index (Phi) is 5.95. The summed E-state index contributed by atoms with van der Waals surface area (Å²) >= 11 is 0. The predicted octanol–water partition coefficient (Wildman–Crippen LogP) is 2.79. The van der Waals surface area contributed by atoms with Gasteiger partial charge in [-0.05, 0) is 36.8 Å². The van der Waals surface area contributed by atoms with Crippen LogP contribution in [0.4, 0.5) is 5.69 Å². The third-order valence-electron chi connectivity index (χ3n) is 3.63. The molecule has 2 aromatic carbocycles. The molecule has 2 aromatic rings. The van der Waals surface area contributed by atoms with Crippen LogP contribution in [-0.4, -0.2) is 32.6 Å². The molecule has 0 radical (unpaired) electrons. The van der Waals surface area contributed by atoms with Gasteiger partial charge in [-0.2, -0.15) is 0 Å². The first-order valence-corrected chi connectivity index (χ1v) is 7.76. The number of ether oxygens (including phenoxy) is 1. The highest BCUT2D eigenvalue weighted by Crippen LogP contribution is 2.13. The number of amides is 1. The van der Waals surface area contributed by atoms with Crippen molar-refractivity contribution in [2.45, 2.75) is 13.0 Å². The van der Waals surface area contributed by atoms with E-state index in [0.29, 0.717) is 5.56 Å². The highest BCUT2D eigenvalue weighted by molar-refractivity contribution is 5.91. The van der Waals surface area contributed by atoms with Crippen molar-refractivity contribution in [3.8, 4) is 0 Å². The highest BCUT2D eigenvalue weighted by Gasteiger charge is 2.13. The van der Waals surface area contributed by atoms with Gasteiger partial charge in [0.1, 0.15) is 0 Å². The summed E-state index contributed by atoms with van der Waals surface area (Å²) in [6.07, 6.45) is 0. The summed E-state index contributed by atoms with van der Waals surface area (Å²) in [6, 6.07) is 16.5. The molecular weight excluding hydrogens is 304 g/mol. The molecule has 0 heterocycles. The Morgan fingerprint density at radius 1 is 1.04 bits per heavy atom. The lowest BCUT2D eigenvalue weighted by Gasteiger charge is -2.14. The summed E-state index contributed by atoms with van der Waals surface area (Å²) < 4.78 is 5.06. The molecule has 0 unspecified atom stereocenters. The minimum absolute atomic E-state index is 0.142. The normalized spacial score (nSPS) is 11.5. The second-order valence-electron chi connectivity index (χ2n) is 5.72. The summed E-state index contributed by atoms with van der Waals surface area (Å²) in [5.41, 5.74) is 2.40. The van der Waals surface area contributed by atoms with Crippen LogP contribution in [0.15, 0.2) is 54.6 Å². The Labute approximate surface area is 142 Å². The van der Waals surface area contributed by atoms with Gasteiger partial charge in [0.05, 0.1) is 11.6 Å². The summed E-state index contributed by atoms with van der Waals surface area (Å²) in [7, 11) is 3.84. The molecule has 0 aliphatic carbocycles. The van der Waals surface area contributed by atoms with Crippen LogP contribution in [0.2, 0.25) is 0 Å². The van der Waals surface area contributed by atoms with Crippen molar-refractivity contribution in [1.29, 1.82) is 0 Å². The third-order valence-corrected chi connectivity index (χ3v) is 3.63. The molecule has 2 rings (SSSR count). The standard InChI is InChI=1S/C19H22N2O3/c1-14(15-7-5-4-6-8-15)20-18(22)13-24-19(23)16-9-11-17(12-10-16)21(2)3/h4-12,14H,13H2,1-3H3,(H,20,22)/t14-/m0/s1. The lowest BCUT2D eigenvalue weighted by Crippen LogP contribution is -2.31. The number of nitrogens with one attached hydrogen (secondary N) is 1. The average Bonchev–Trinajstić information content (AvgIpc) is 2.60. The van der Waals surface area contributed by atoms with Crippen LogP contribution >= 0.6 is 0 Å². The van der Waals surface area contributed by atoms with Crippen molar-refractivity contribution in [1.82, 2.24) is 5.32 Å². The quantitative estimate of drug-likeness (QED) is 0.829. The van der Waals surface area contributed by atoms with Crippen LogP contribution in [0.1, 0.15) is 28.9 Å². The van der Waals surface area contributed by atoms with E-state index in [0.717, 1.165) is 11.3 Å². The van der Waals surface area contributed by atoms with E-state index in [9.17, 15) is 9.59 Å². The lowest BCUT2D eigenvalue weighted by atomic mass is 10.1. The molecule has 5 heteroatoms. The Morgan fingerprint density at radius 3 is 2.25 bits per heavy atom. The topological polar surface area (TPSA) is 58.6 Å². The fourth-order valence-corrected chi connectivity index (χ4v) is 2.22. The molecule has 0 spiro atoms. The SMILES string of the molecule is C[C@H](NC(=O)COC(=O)c1ccc(N(C)C)cc1)c1ccccc1.